The Bertz CT molecular complexity index is 1430. The highest BCUT2D eigenvalue weighted by atomic mass is 32.2. The highest BCUT2D eigenvalue weighted by molar-refractivity contribution is 8.00. The summed E-state index contributed by atoms with van der Waals surface area (Å²) < 4.78 is 1.63. The molecule has 0 saturated heterocycles. The van der Waals surface area contributed by atoms with Gasteiger partial charge in [0.15, 0.2) is 5.16 Å². The van der Waals surface area contributed by atoms with Crippen LogP contribution in [0.25, 0.3) is 10.9 Å². The molecular weight excluding hydrogens is 464 g/mol. The number of amides is 1. The molecule has 4 rings (SSSR count). The molecule has 0 aliphatic carbocycles. The minimum atomic E-state index is -0.209. The molecule has 0 unspecified atom stereocenters. The molecule has 0 fully saturated rings. The Hall–Kier alpha value is -3.54. The SMILES string of the molecule is Cc1ccc(Cn2c(SCC(=O)Nc3ccccc3SCC#N)nc3ccccc3c2=O)cc1. The topological polar surface area (TPSA) is 87.8 Å². The number of carbonyl (C=O) groups excluding carboxylic acids is 1. The molecule has 0 saturated carbocycles. The number of carbonyl (C=O) groups is 1. The predicted molar refractivity (Wildman–Crippen MR) is 138 cm³/mol. The molecule has 0 bridgehead atoms. The number of nitrogens with zero attached hydrogens (tertiary/aromatic N) is 3. The summed E-state index contributed by atoms with van der Waals surface area (Å²) in [5.41, 5.74) is 3.27. The van der Waals surface area contributed by atoms with Gasteiger partial charge < -0.3 is 5.32 Å². The van der Waals surface area contributed by atoms with E-state index >= 15 is 0 Å². The first-order valence-corrected chi connectivity index (χ1v) is 12.6. The van der Waals surface area contributed by atoms with Crippen LogP contribution >= 0.6 is 23.5 Å². The highest BCUT2D eigenvalue weighted by Crippen LogP contribution is 2.27. The van der Waals surface area contributed by atoms with Crippen LogP contribution in [0.5, 0.6) is 0 Å². The average Bonchev–Trinajstić information content (AvgIpc) is 2.85. The highest BCUT2D eigenvalue weighted by Gasteiger charge is 2.15. The number of para-hydroxylation sites is 2. The molecule has 0 radical (unpaired) electrons. The third-order valence-electron chi connectivity index (χ3n) is 5.07. The molecule has 0 aliphatic heterocycles. The Labute approximate surface area is 206 Å². The van der Waals surface area contributed by atoms with Crippen molar-refractivity contribution in [1.82, 2.24) is 9.55 Å². The number of aromatic nitrogens is 2. The van der Waals surface area contributed by atoms with Crippen molar-refractivity contribution in [3.8, 4) is 6.07 Å². The third-order valence-corrected chi connectivity index (χ3v) is 6.99. The van der Waals surface area contributed by atoms with Gasteiger partial charge in [-0.15, -0.1) is 11.8 Å². The summed E-state index contributed by atoms with van der Waals surface area (Å²) in [4.78, 5) is 31.6. The lowest BCUT2D eigenvalue weighted by atomic mass is 10.1. The molecule has 6 nitrogen and oxygen atoms in total. The molecule has 1 aromatic heterocycles. The molecule has 1 heterocycles. The van der Waals surface area contributed by atoms with E-state index in [1.54, 1.807) is 16.7 Å². The molecular formula is C26H22N4O2S2. The van der Waals surface area contributed by atoms with Gasteiger partial charge in [0, 0.05) is 4.90 Å². The van der Waals surface area contributed by atoms with E-state index in [4.69, 9.17) is 10.2 Å². The molecule has 170 valence electrons. The zero-order chi connectivity index (χ0) is 23.9. The van der Waals surface area contributed by atoms with Gasteiger partial charge in [-0.1, -0.05) is 65.9 Å². The van der Waals surface area contributed by atoms with Crippen LogP contribution in [0.1, 0.15) is 11.1 Å². The zero-order valence-electron chi connectivity index (χ0n) is 18.5. The fourth-order valence-electron chi connectivity index (χ4n) is 3.40. The van der Waals surface area contributed by atoms with Gasteiger partial charge in [-0.25, -0.2) is 4.98 Å². The van der Waals surface area contributed by atoms with Gasteiger partial charge in [-0.3, -0.25) is 14.2 Å². The number of fused-ring (bicyclic) bond motifs is 1. The van der Waals surface area contributed by atoms with Crippen LogP contribution in [0.2, 0.25) is 0 Å². The standard InChI is InChI=1S/C26H22N4O2S2/c1-18-10-12-19(13-11-18)16-30-25(32)20-6-2-3-7-21(20)29-26(30)34-17-24(31)28-22-8-4-5-9-23(22)33-15-14-27/h2-13H,15-17H2,1H3,(H,28,31). The van der Waals surface area contributed by atoms with E-state index in [0.29, 0.717) is 34.0 Å². The van der Waals surface area contributed by atoms with Crippen LogP contribution in [-0.4, -0.2) is 27.0 Å². The lowest BCUT2D eigenvalue weighted by Gasteiger charge is -2.14. The summed E-state index contributed by atoms with van der Waals surface area (Å²) in [6, 6.07) is 24.7. The maximum atomic E-state index is 13.3. The first kappa shape index (κ1) is 23.6. The number of aryl methyl sites for hydroxylation is 1. The minimum Gasteiger partial charge on any atom is -0.324 e. The second-order valence-electron chi connectivity index (χ2n) is 7.57. The lowest BCUT2D eigenvalue weighted by Crippen LogP contribution is -2.25. The Balaban J connectivity index is 1.57. The van der Waals surface area contributed by atoms with Gasteiger partial charge in [0.1, 0.15) is 0 Å². The van der Waals surface area contributed by atoms with Gasteiger partial charge in [0.2, 0.25) is 5.91 Å². The van der Waals surface area contributed by atoms with E-state index in [1.807, 2.05) is 67.6 Å². The second kappa shape index (κ2) is 11.1. The van der Waals surface area contributed by atoms with E-state index in [-0.39, 0.29) is 17.2 Å². The Morgan fingerprint density at radius 1 is 1.03 bits per heavy atom. The minimum absolute atomic E-state index is 0.0932. The van der Waals surface area contributed by atoms with Crippen molar-refractivity contribution in [2.45, 2.75) is 23.5 Å². The van der Waals surface area contributed by atoms with Crippen LogP contribution in [-0.2, 0) is 11.3 Å². The van der Waals surface area contributed by atoms with Crippen molar-refractivity contribution in [3.63, 3.8) is 0 Å². The Morgan fingerprint density at radius 3 is 2.56 bits per heavy atom. The maximum absolute atomic E-state index is 13.3. The molecule has 8 heteroatoms. The van der Waals surface area contributed by atoms with E-state index in [2.05, 4.69) is 11.4 Å². The van der Waals surface area contributed by atoms with E-state index in [0.717, 1.165) is 16.0 Å². The molecule has 0 spiro atoms. The lowest BCUT2D eigenvalue weighted by molar-refractivity contribution is -0.113. The molecule has 0 atom stereocenters. The van der Waals surface area contributed by atoms with E-state index in [9.17, 15) is 9.59 Å². The van der Waals surface area contributed by atoms with Crippen molar-refractivity contribution < 1.29 is 4.79 Å². The number of nitriles is 1. The average molecular weight is 487 g/mol. The van der Waals surface area contributed by atoms with Gasteiger partial charge in [-0.2, -0.15) is 5.26 Å². The summed E-state index contributed by atoms with van der Waals surface area (Å²) in [5.74, 6) is 0.184. The van der Waals surface area contributed by atoms with E-state index in [1.165, 1.54) is 23.5 Å². The number of nitrogens with one attached hydrogen (secondary N) is 1. The largest absolute Gasteiger partial charge is 0.324 e. The fraction of sp³-hybridized carbons (Fsp3) is 0.154. The number of benzene rings is 3. The van der Waals surface area contributed by atoms with Crippen molar-refractivity contribution >= 4 is 46.0 Å². The number of rotatable bonds is 8. The molecule has 3 aromatic carbocycles. The normalized spacial score (nSPS) is 10.7. The first-order valence-electron chi connectivity index (χ1n) is 10.6. The Morgan fingerprint density at radius 2 is 1.76 bits per heavy atom. The Kier molecular flexibility index (Phi) is 7.68. The van der Waals surface area contributed by atoms with Gasteiger partial charge in [0.05, 0.1) is 40.7 Å². The number of anilines is 1. The van der Waals surface area contributed by atoms with Crippen LogP contribution in [0.4, 0.5) is 5.69 Å². The van der Waals surface area contributed by atoms with Gasteiger partial charge in [-0.05, 0) is 36.8 Å². The molecule has 1 N–H and O–H groups in total. The monoisotopic (exact) mass is 486 g/mol. The first-order chi connectivity index (χ1) is 16.5. The summed E-state index contributed by atoms with van der Waals surface area (Å²) in [6.07, 6.45) is 0. The van der Waals surface area contributed by atoms with Gasteiger partial charge in [0.25, 0.3) is 5.56 Å². The number of thioether (sulfide) groups is 2. The smallest absolute Gasteiger partial charge is 0.262 e. The van der Waals surface area contributed by atoms with E-state index < -0.39 is 0 Å². The molecule has 0 aliphatic rings. The third kappa shape index (κ3) is 5.68. The van der Waals surface area contributed by atoms with Crippen LogP contribution in [0, 0.1) is 18.3 Å². The molecule has 4 aromatic rings. The van der Waals surface area contributed by atoms with Crippen molar-refractivity contribution in [3.05, 3.63) is 94.3 Å². The second-order valence-corrected chi connectivity index (χ2v) is 9.53. The summed E-state index contributed by atoms with van der Waals surface area (Å²) in [5, 5.41) is 12.8. The maximum Gasteiger partial charge on any atom is 0.262 e. The van der Waals surface area contributed by atoms with Crippen molar-refractivity contribution in [2.24, 2.45) is 0 Å². The summed E-state index contributed by atoms with van der Waals surface area (Å²) in [6.45, 7) is 2.39. The summed E-state index contributed by atoms with van der Waals surface area (Å²) in [7, 11) is 0. The number of hydrogen-bond acceptors (Lipinski definition) is 6. The predicted octanol–water partition coefficient (Wildman–Crippen LogP) is 5.10. The van der Waals surface area contributed by atoms with Gasteiger partial charge >= 0.3 is 0 Å². The summed E-state index contributed by atoms with van der Waals surface area (Å²) >= 11 is 2.60. The zero-order valence-corrected chi connectivity index (χ0v) is 20.2. The quantitative estimate of drug-likeness (QED) is 0.275. The number of hydrogen-bond donors (Lipinski definition) is 1. The van der Waals surface area contributed by atoms with Crippen LogP contribution < -0.4 is 10.9 Å². The van der Waals surface area contributed by atoms with Crippen molar-refractivity contribution in [2.75, 3.05) is 16.8 Å². The van der Waals surface area contributed by atoms with Crippen LogP contribution in [0.15, 0.2) is 87.6 Å². The fourth-order valence-corrected chi connectivity index (χ4v) is 4.86. The molecule has 1 amide bonds. The molecule has 34 heavy (non-hydrogen) atoms. The van der Waals surface area contributed by atoms with Crippen molar-refractivity contribution in [1.29, 1.82) is 5.26 Å². The van der Waals surface area contributed by atoms with Crippen LogP contribution in [0.3, 0.4) is 0 Å².